The number of fused-ring (bicyclic) bond motifs is 1. The number of aromatic nitrogens is 2. The van der Waals surface area contributed by atoms with Gasteiger partial charge in [0.2, 0.25) is 0 Å². The van der Waals surface area contributed by atoms with Crippen molar-refractivity contribution < 1.29 is 14.3 Å². The highest BCUT2D eigenvalue weighted by atomic mass is 35.5. The Morgan fingerprint density at radius 3 is 2.84 bits per heavy atom. The van der Waals surface area contributed by atoms with Gasteiger partial charge in [-0.1, -0.05) is 23.7 Å². The van der Waals surface area contributed by atoms with Gasteiger partial charge in [0.1, 0.15) is 18.2 Å². The Hall–Kier alpha value is -2.86. The highest BCUT2D eigenvalue weighted by Crippen LogP contribution is 2.21. The minimum Gasteiger partial charge on any atom is -0.482 e. The molecule has 0 radical (unpaired) electrons. The van der Waals surface area contributed by atoms with Crippen LogP contribution in [0.5, 0.6) is 5.75 Å². The number of hydrogen-bond donors (Lipinski definition) is 1. The maximum Gasteiger partial charge on any atom is 0.344 e. The first-order chi connectivity index (χ1) is 12.0. The monoisotopic (exact) mass is 358 g/mol. The largest absolute Gasteiger partial charge is 0.482 e. The smallest absolute Gasteiger partial charge is 0.344 e. The summed E-state index contributed by atoms with van der Waals surface area (Å²) in [5, 5.41) is 1.08. The SMILES string of the molecule is Cc1cc(Cl)ccc1OCC(=O)OCc1nc2ccccc2c(=O)[nH]1. The zero-order valence-electron chi connectivity index (χ0n) is 13.4. The number of aromatic amines is 1. The molecule has 1 N–H and O–H groups in total. The Bertz CT molecular complexity index is 984. The fraction of sp³-hybridized carbons (Fsp3) is 0.167. The minimum absolute atomic E-state index is 0.137. The van der Waals surface area contributed by atoms with E-state index in [1.54, 1.807) is 42.5 Å². The molecule has 0 atom stereocenters. The topological polar surface area (TPSA) is 81.3 Å². The van der Waals surface area contributed by atoms with Crippen molar-refractivity contribution in [2.75, 3.05) is 6.61 Å². The first kappa shape index (κ1) is 17.0. The van der Waals surface area contributed by atoms with Crippen LogP contribution in [0.15, 0.2) is 47.3 Å². The number of ether oxygens (including phenoxy) is 2. The van der Waals surface area contributed by atoms with Crippen molar-refractivity contribution in [3.8, 4) is 5.75 Å². The van der Waals surface area contributed by atoms with E-state index in [1.807, 2.05) is 6.92 Å². The van der Waals surface area contributed by atoms with E-state index in [0.717, 1.165) is 5.56 Å². The molecule has 0 saturated heterocycles. The molecule has 6 nitrogen and oxygen atoms in total. The molecule has 0 saturated carbocycles. The number of nitrogens with one attached hydrogen (secondary N) is 1. The lowest BCUT2D eigenvalue weighted by Gasteiger charge is -2.09. The molecule has 0 aliphatic carbocycles. The average Bonchev–Trinajstić information content (AvgIpc) is 2.59. The highest BCUT2D eigenvalue weighted by Gasteiger charge is 2.09. The van der Waals surface area contributed by atoms with Gasteiger partial charge in [0, 0.05) is 5.02 Å². The van der Waals surface area contributed by atoms with Crippen LogP contribution < -0.4 is 10.3 Å². The molecule has 0 bridgehead atoms. The van der Waals surface area contributed by atoms with Crippen molar-refractivity contribution >= 4 is 28.5 Å². The minimum atomic E-state index is -0.565. The van der Waals surface area contributed by atoms with Crippen LogP contribution in [0, 0.1) is 6.92 Å². The number of aryl methyl sites for hydroxylation is 1. The zero-order valence-corrected chi connectivity index (χ0v) is 14.2. The predicted molar refractivity (Wildman–Crippen MR) is 93.8 cm³/mol. The van der Waals surface area contributed by atoms with Crippen molar-refractivity contribution in [3.05, 3.63) is 69.2 Å². The van der Waals surface area contributed by atoms with E-state index in [0.29, 0.717) is 21.7 Å². The maximum atomic E-state index is 11.9. The summed E-state index contributed by atoms with van der Waals surface area (Å²) < 4.78 is 10.5. The molecule has 2 aromatic carbocycles. The summed E-state index contributed by atoms with van der Waals surface area (Å²) in [6.07, 6.45) is 0. The van der Waals surface area contributed by atoms with E-state index >= 15 is 0 Å². The molecular weight excluding hydrogens is 344 g/mol. The maximum absolute atomic E-state index is 11.9. The van der Waals surface area contributed by atoms with Crippen LogP contribution in [0.2, 0.25) is 5.02 Å². The average molecular weight is 359 g/mol. The molecule has 0 fully saturated rings. The molecule has 0 spiro atoms. The van der Waals surface area contributed by atoms with Crippen LogP contribution in [0.3, 0.4) is 0 Å². The number of benzene rings is 2. The summed E-state index contributed by atoms with van der Waals surface area (Å²) >= 11 is 5.87. The summed E-state index contributed by atoms with van der Waals surface area (Å²) in [7, 11) is 0. The lowest BCUT2D eigenvalue weighted by molar-refractivity contribution is -0.147. The Kier molecular flexibility index (Phi) is 5.00. The van der Waals surface area contributed by atoms with Gasteiger partial charge in [-0.25, -0.2) is 9.78 Å². The molecule has 128 valence electrons. The van der Waals surface area contributed by atoms with Gasteiger partial charge >= 0.3 is 5.97 Å². The first-order valence-electron chi connectivity index (χ1n) is 7.55. The fourth-order valence-electron chi connectivity index (χ4n) is 2.31. The van der Waals surface area contributed by atoms with Gasteiger partial charge in [-0.2, -0.15) is 0 Å². The van der Waals surface area contributed by atoms with Crippen molar-refractivity contribution in [1.29, 1.82) is 0 Å². The third kappa shape index (κ3) is 4.16. The standard InChI is InChI=1S/C18H15ClN2O4/c1-11-8-12(19)6-7-15(11)24-10-17(22)25-9-16-20-14-5-3-2-4-13(14)18(23)21-16/h2-8H,9-10H2,1H3,(H,20,21,23). The van der Waals surface area contributed by atoms with Crippen LogP contribution in [-0.2, 0) is 16.1 Å². The summed E-state index contributed by atoms with van der Waals surface area (Å²) in [6, 6.07) is 12.1. The van der Waals surface area contributed by atoms with Gasteiger partial charge in [0.25, 0.3) is 5.56 Å². The predicted octanol–water partition coefficient (Wildman–Crippen LogP) is 3.01. The Labute approximate surface area is 148 Å². The number of hydrogen-bond acceptors (Lipinski definition) is 5. The second kappa shape index (κ2) is 7.36. The van der Waals surface area contributed by atoms with E-state index in [2.05, 4.69) is 9.97 Å². The van der Waals surface area contributed by atoms with Gasteiger partial charge in [0.15, 0.2) is 6.61 Å². The Morgan fingerprint density at radius 2 is 2.04 bits per heavy atom. The van der Waals surface area contributed by atoms with Crippen molar-refractivity contribution in [3.63, 3.8) is 0 Å². The molecule has 25 heavy (non-hydrogen) atoms. The summed E-state index contributed by atoms with van der Waals surface area (Å²) in [4.78, 5) is 30.6. The number of carbonyl (C=O) groups excluding carboxylic acids is 1. The molecule has 0 aliphatic heterocycles. The summed E-state index contributed by atoms with van der Waals surface area (Å²) in [5.74, 6) is 0.267. The third-order valence-electron chi connectivity index (χ3n) is 3.51. The van der Waals surface area contributed by atoms with Crippen molar-refractivity contribution in [2.24, 2.45) is 0 Å². The molecule has 0 unspecified atom stereocenters. The van der Waals surface area contributed by atoms with Gasteiger partial charge in [-0.3, -0.25) is 4.79 Å². The highest BCUT2D eigenvalue weighted by molar-refractivity contribution is 6.30. The van der Waals surface area contributed by atoms with Crippen LogP contribution in [0.1, 0.15) is 11.4 Å². The number of nitrogens with zero attached hydrogens (tertiary/aromatic N) is 1. The second-order valence-electron chi connectivity index (χ2n) is 5.39. The number of rotatable bonds is 5. The number of para-hydroxylation sites is 1. The van der Waals surface area contributed by atoms with Gasteiger partial charge < -0.3 is 14.5 Å². The zero-order chi connectivity index (χ0) is 17.8. The fourth-order valence-corrected chi connectivity index (χ4v) is 2.53. The molecule has 1 aromatic heterocycles. The third-order valence-corrected chi connectivity index (χ3v) is 3.75. The molecule has 0 amide bonds. The molecule has 0 aliphatic rings. The van der Waals surface area contributed by atoms with Crippen LogP contribution in [-0.4, -0.2) is 22.5 Å². The molecule has 7 heteroatoms. The van der Waals surface area contributed by atoms with Crippen LogP contribution in [0.4, 0.5) is 0 Å². The summed E-state index contributed by atoms with van der Waals surface area (Å²) in [5.41, 5.74) is 1.09. The number of halogens is 1. The second-order valence-corrected chi connectivity index (χ2v) is 5.83. The van der Waals surface area contributed by atoms with E-state index in [-0.39, 0.29) is 24.6 Å². The first-order valence-corrected chi connectivity index (χ1v) is 7.93. The lowest BCUT2D eigenvalue weighted by atomic mass is 10.2. The number of H-pyrrole nitrogens is 1. The molecule has 3 aromatic rings. The van der Waals surface area contributed by atoms with E-state index < -0.39 is 5.97 Å². The Morgan fingerprint density at radius 1 is 1.24 bits per heavy atom. The Balaban J connectivity index is 1.60. The normalized spacial score (nSPS) is 10.6. The van der Waals surface area contributed by atoms with Crippen molar-refractivity contribution in [2.45, 2.75) is 13.5 Å². The van der Waals surface area contributed by atoms with Crippen molar-refractivity contribution in [1.82, 2.24) is 9.97 Å². The number of carbonyl (C=O) groups is 1. The van der Waals surface area contributed by atoms with E-state index in [9.17, 15) is 9.59 Å². The van der Waals surface area contributed by atoms with Gasteiger partial charge in [-0.15, -0.1) is 0 Å². The van der Waals surface area contributed by atoms with Crippen LogP contribution in [0.25, 0.3) is 10.9 Å². The molecule has 1 heterocycles. The number of esters is 1. The molecular formula is C18H15ClN2O4. The van der Waals surface area contributed by atoms with E-state index in [4.69, 9.17) is 21.1 Å². The van der Waals surface area contributed by atoms with Crippen LogP contribution >= 0.6 is 11.6 Å². The quantitative estimate of drug-likeness (QED) is 0.709. The lowest BCUT2D eigenvalue weighted by Crippen LogP contribution is -2.18. The van der Waals surface area contributed by atoms with Gasteiger partial charge in [-0.05, 0) is 42.8 Å². The van der Waals surface area contributed by atoms with E-state index in [1.165, 1.54) is 0 Å². The molecule has 3 rings (SSSR count). The summed E-state index contributed by atoms with van der Waals surface area (Å²) in [6.45, 7) is 1.44. The van der Waals surface area contributed by atoms with Gasteiger partial charge in [0.05, 0.1) is 10.9 Å².